The lowest BCUT2D eigenvalue weighted by Gasteiger charge is -2.14. The first-order valence-corrected chi connectivity index (χ1v) is 7.72. The Morgan fingerprint density at radius 1 is 1.40 bits per heavy atom. The van der Waals surface area contributed by atoms with Gasteiger partial charge in [-0.1, -0.05) is 17.7 Å². The first-order chi connectivity index (χ1) is 12.0. The molecule has 0 N–H and O–H groups in total. The molecule has 0 bridgehead atoms. The van der Waals surface area contributed by atoms with Gasteiger partial charge in [-0.2, -0.15) is 5.26 Å². The first-order valence-electron chi connectivity index (χ1n) is 7.34. The molecule has 0 saturated carbocycles. The highest BCUT2D eigenvalue weighted by molar-refractivity contribution is 6.29. The van der Waals surface area contributed by atoms with Crippen LogP contribution in [0.4, 0.5) is 0 Å². The van der Waals surface area contributed by atoms with Crippen LogP contribution in [0.5, 0.6) is 0 Å². The molecule has 3 heterocycles. The number of esters is 1. The van der Waals surface area contributed by atoms with Crippen LogP contribution in [0.15, 0.2) is 41.5 Å². The van der Waals surface area contributed by atoms with Gasteiger partial charge in [-0.15, -0.1) is 0 Å². The highest BCUT2D eigenvalue weighted by Crippen LogP contribution is 2.25. The predicted octanol–water partition coefficient (Wildman–Crippen LogP) is 1.90. The van der Waals surface area contributed by atoms with E-state index in [4.69, 9.17) is 11.6 Å². The molecule has 25 heavy (non-hydrogen) atoms. The number of nitriles is 1. The van der Waals surface area contributed by atoms with Crippen LogP contribution in [0.2, 0.25) is 5.15 Å². The van der Waals surface area contributed by atoms with Crippen LogP contribution in [-0.4, -0.2) is 27.2 Å². The molecule has 8 heteroatoms. The molecule has 7 nitrogen and oxygen atoms in total. The Morgan fingerprint density at radius 2 is 2.20 bits per heavy atom. The Hall–Kier alpha value is -3.11. The monoisotopic (exact) mass is 356 g/mol. The summed E-state index contributed by atoms with van der Waals surface area (Å²) in [4.78, 5) is 28.1. The lowest BCUT2D eigenvalue weighted by Crippen LogP contribution is -2.22. The minimum absolute atomic E-state index is 0.0126. The molecule has 0 spiro atoms. The second-order valence-corrected chi connectivity index (χ2v) is 5.70. The maximum absolute atomic E-state index is 12.5. The fraction of sp³-hybridized carbons (Fsp3) is 0.176. The van der Waals surface area contributed by atoms with Crippen LogP contribution in [0.25, 0.3) is 11.4 Å². The maximum Gasteiger partial charge on any atom is 0.325 e. The number of ether oxygens (including phenoxy) is 1. The highest BCUT2D eigenvalue weighted by Gasteiger charge is 2.24. The number of carbonyl (C=O) groups is 1. The highest BCUT2D eigenvalue weighted by atomic mass is 35.5. The molecule has 1 aromatic rings. The third kappa shape index (κ3) is 3.12. The van der Waals surface area contributed by atoms with Crippen molar-refractivity contribution in [1.29, 1.82) is 5.26 Å². The van der Waals surface area contributed by atoms with Crippen LogP contribution in [0.3, 0.4) is 0 Å². The van der Waals surface area contributed by atoms with Gasteiger partial charge < -0.3 is 9.30 Å². The minimum atomic E-state index is -0.559. The van der Waals surface area contributed by atoms with E-state index in [9.17, 15) is 14.9 Å². The average Bonchev–Trinajstić information content (AvgIpc) is 2.89. The van der Waals surface area contributed by atoms with Crippen LogP contribution < -0.4 is 5.56 Å². The van der Waals surface area contributed by atoms with Crippen LogP contribution in [0, 0.1) is 11.3 Å². The molecule has 0 saturated heterocycles. The first kappa shape index (κ1) is 16.7. The molecule has 0 aliphatic carbocycles. The Bertz CT molecular complexity index is 998. The minimum Gasteiger partial charge on any atom is -0.468 e. The molecular formula is C17H13ClN4O3. The van der Waals surface area contributed by atoms with Crippen molar-refractivity contribution in [2.75, 3.05) is 7.11 Å². The van der Waals surface area contributed by atoms with Gasteiger partial charge in [-0.05, 0) is 23.8 Å². The lowest BCUT2D eigenvalue weighted by molar-refractivity contribution is -0.141. The maximum atomic E-state index is 12.5. The van der Waals surface area contributed by atoms with E-state index in [2.05, 4.69) is 9.72 Å². The SMILES string of the molecule is COC(=O)Cn1c2cccn(Cc3ccc(Cl)nc3)c-2c(C#N)c1=O. The van der Waals surface area contributed by atoms with E-state index in [1.54, 1.807) is 35.2 Å². The van der Waals surface area contributed by atoms with Gasteiger partial charge in [-0.3, -0.25) is 14.2 Å². The van der Waals surface area contributed by atoms with E-state index in [1.807, 2.05) is 12.1 Å². The second-order valence-electron chi connectivity index (χ2n) is 5.31. The van der Waals surface area contributed by atoms with Crippen molar-refractivity contribution in [2.45, 2.75) is 13.1 Å². The van der Waals surface area contributed by atoms with Gasteiger partial charge >= 0.3 is 5.97 Å². The summed E-state index contributed by atoms with van der Waals surface area (Å²) in [6.45, 7) is 0.151. The largest absolute Gasteiger partial charge is 0.468 e. The van der Waals surface area contributed by atoms with E-state index >= 15 is 0 Å². The third-order valence-electron chi connectivity index (χ3n) is 3.80. The van der Waals surface area contributed by atoms with Crippen LogP contribution in [-0.2, 0) is 22.6 Å². The summed E-state index contributed by atoms with van der Waals surface area (Å²) in [7, 11) is 1.25. The van der Waals surface area contributed by atoms with E-state index in [1.165, 1.54) is 11.7 Å². The number of aromatic nitrogens is 3. The number of fused-ring (bicyclic) bond motifs is 1. The van der Waals surface area contributed by atoms with Crippen molar-refractivity contribution in [3.05, 3.63) is 63.3 Å². The Morgan fingerprint density at radius 3 is 2.84 bits per heavy atom. The smallest absolute Gasteiger partial charge is 0.325 e. The zero-order valence-electron chi connectivity index (χ0n) is 13.3. The summed E-state index contributed by atoms with van der Waals surface area (Å²) in [5.74, 6) is -0.559. The summed E-state index contributed by atoms with van der Waals surface area (Å²) < 4.78 is 7.65. The zero-order valence-corrected chi connectivity index (χ0v) is 14.0. The molecule has 0 radical (unpaired) electrons. The number of rotatable bonds is 4. The number of carbonyl (C=O) groups excluding carboxylic acids is 1. The summed E-state index contributed by atoms with van der Waals surface area (Å²) in [6, 6.07) is 8.87. The molecule has 126 valence electrons. The van der Waals surface area contributed by atoms with Crippen molar-refractivity contribution in [3.63, 3.8) is 0 Å². The van der Waals surface area contributed by atoms with Crippen LogP contribution in [0.1, 0.15) is 11.1 Å². The fourth-order valence-electron chi connectivity index (χ4n) is 2.65. The summed E-state index contributed by atoms with van der Waals surface area (Å²) >= 11 is 5.79. The summed E-state index contributed by atoms with van der Waals surface area (Å²) in [6.07, 6.45) is 3.39. The molecular weight excluding hydrogens is 344 g/mol. The Labute approximate surface area is 148 Å². The molecule has 1 aromatic heterocycles. The van der Waals surface area contributed by atoms with Crippen molar-refractivity contribution in [2.24, 2.45) is 0 Å². The summed E-state index contributed by atoms with van der Waals surface area (Å²) in [5, 5.41) is 9.81. The predicted molar refractivity (Wildman–Crippen MR) is 90.4 cm³/mol. The fourth-order valence-corrected chi connectivity index (χ4v) is 2.77. The Balaban J connectivity index is 2.11. The zero-order chi connectivity index (χ0) is 18.0. The number of nitrogens with zero attached hydrogens (tertiary/aromatic N) is 4. The number of hydrogen-bond donors (Lipinski definition) is 0. The standard InChI is InChI=1S/C17H13ClN4O3/c1-25-15(23)10-22-13-3-2-6-21(16(13)12(7-19)17(22)24)9-11-4-5-14(18)20-8-11/h2-6,8H,9-10H2,1H3. The van der Waals surface area contributed by atoms with E-state index in [0.717, 1.165) is 5.56 Å². The van der Waals surface area contributed by atoms with Gasteiger partial charge in [0.15, 0.2) is 0 Å². The summed E-state index contributed by atoms with van der Waals surface area (Å²) in [5.41, 5.74) is 1.29. The van der Waals surface area contributed by atoms with Crippen molar-refractivity contribution >= 4 is 17.6 Å². The number of hydrogen-bond acceptors (Lipinski definition) is 5. The Kier molecular flexibility index (Phi) is 4.55. The van der Waals surface area contributed by atoms with Gasteiger partial charge in [0, 0.05) is 18.9 Å². The van der Waals surface area contributed by atoms with Gasteiger partial charge in [0.2, 0.25) is 0 Å². The molecule has 2 aliphatic rings. The molecule has 0 atom stereocenters. The third-order valence-corrected chi connectivity index (χ3v) is 4.03. The number of pyridine rings is 2. The van der Waals surface area contributed by atoms with E-state index in [0.29, 0.717) is 23.1 Å². The second kappa shape index (κ2) is 6.79. The van der Waals surface area contributed by atoms with E-state index in [-0.39, 0.29) is 12.1 Å². The van der Waals surface area contributed by atoms with Gasteiger partial charge in [0.25, 0.3) is 5.56 Å². The average molecular weight is 357 g/mol. The van der Waals surface area contributed by atoms with E-state index < -0.39 is 11.5 Å². The van der Waals surface area contributed by atoms with Gasteiger partial charge in [-0.25, -0.2) is 4.98 Å². The number of methoxy groups -OCH3 is 1. The lowest BCUT2D eigenvalue weighted by atomic mass is 10.2. The molecule has 0 amide bonds. The van der Waals surface area contributed by atoms with Gasteiger partial charge in [0.1, 0.15) is 23.3 Å². The molecule has 0 aromatic carbocycles. The van der Waals surface area contributed by atoms with Crippen molar-refractivity contribution in [1.82, 2.24) is 14.1 Å². The topological polar surface area (TPSA) is 89.9 Å². The van der Waals surface area contributed by atoms with Crippen LogP contribution >= 0.6 is 11.6 Å². The van der Waals surface area contributed by atoms with Crippen molar-refractivity contribution < 1.29 is 9.53 Å². The molecule has 3 rings (SSSR count). The quantitative estimate of drug-likeness (QED) is 0.526. The van der Waals surface area contributed by atoms with Crippen molar-refractivity contribution in [3.8, 4) is 17.5 Å². The normalized spacial score (nSPS) is 10.6. The number of halogens is 1. The van der Waals surface area contributed by atoms with Gasteiger partial charge in [0.05, 0.1) is 18.5 Å². The molecule has 2 aliphatic heterocycles. The molecule has 0 unspecified atom stereocenters. The molecule has 0 fully saturated rings.